The zero-order chi connectivity index (χ0) is 16.7. The number of carbonyl (C=O) groups is 1. The van der Waals surface area contributed by atoms with Crippen molar-refractivity contribution in [2.45, 2.75) is 13.0 Å². The van der Waals surface area contributed by atoms with Gasteiger partial charge in [-0.25, -0.2) is 4.68 Å². The third-order valence-electron chi connectivity index (χ3n) is 3.60. The zero-order valence-electron chi connectivity index (χ0n) is 12.3. The number of carbonyl (C=O) groups excluding carboxylic acids is 1. The largest absolute Gasteiger partial charge is 0.495 e. The maximum Gasteiger partial charge on any atom is 0.248 e. The molecule has 0 saturated carbocycles. The number of methoxy groups -OCH3 is 1. The van der Waals surface area contributed by atoms with Gasteiger partial charge in [0.2, 0.25) is 11.9 Å². The molecule has 3 N–H and O–H groups in total. The highest BCUT2D eigenvalue weighted by atomic mass is 35.5. The number of nitrogens with zero attached hydrogens (tertiary/aromatic N) is 3. The molecule has 2 heterocycles. The quantitative estimate of drug-likeness (QED) is 0.882. The van der Waals surface area contributed by atoms with Gasteiger partial charge in [0.1, 0.15) is 18.1 Å². The number of benzene rings is 1. The van der Waals surface area contributed by atoms with E-state index in [2.05, 4.69) is 15.4 Å². The van der Waals surface area contributed by atoms with Crippen molar-refractivity contribution in [3.8, 4) is 5.75 Å². The number of halogens is 2. The molecule has 0 spiro atoms. The molecule has 23 heavy (non-hydrogen) atoms. The fourth-order valence-corrected chi connectivity index (χ4v) is 3.28. The van der Waals surface area contributed by atoms with Crippen molar-refractivity contribution >= 4 is 35.1 Å². The average Bonchev–Trinajstić information content (AvgIpc) is 2.92. The predicted molar refractivity (Wildman–Crippen MR) is 86.7 cm³/mol. The van der Waals surface area contributed by atoms with Crippen molar-refractivity contribution in [3.63, 3.8) is 0 Å². The van der Waals surface area contributed by atoms with Crippen molar-refractivity contribution in [2.24, 2.45) is 5.73 Å². The molecule has 3 rings (SSSR count). The lowest BCUT2D eigenvalue weighted by Gasteiger charge is -2.29. The van der Waals surface area contributed by atoms with Crippen LogP contribution in [0.5, 0.6) is 5.75 Å². The Morgan fingerprint density at radius 2 is 2.17 bits per heavy atom. The van der Waals surface area contributed by atoms with Crippen LogP contribution in [-0.2, 0) is 4.79 Å². The van der Waals surface area contributed by atoms with E-state index in [1.54, 1.807) is 19.1 Å². The predicted octanol–water partition coefficient (Wildman–Crippen LogP) is 2.37. The smallest absolute Gasteiger partial charge is 0.248 e. The average molecular weight is 354 g/mol. The number of hydrogen-bond acceptors (Lipinski definition) is 5. The number of nitrogens with two attached hydrogens (primary N) is 1. The third-order valence-corrected chi connectivity index (χ3v) is 4.09. The van der Waals surface area contributed by atoms with Crippen LogP contribution in [0.25, 0.3) is 0 Å². The summed E-state index contributed by atoms with van der Waals surface area (Å²) in [5.74, 6) is 0.297. The van der Waals surface area contributed by atoms with Gasteiger partial charge in [-0.2, -0.15) is 10.1 Å². The first kappa shape index (κ1) is 15.6. The Morgan fingerprint density at radius 1 is 1.43 bits per heavy atom. The van der Waals surface area contributed by atoms with Crippen molar-refractivity contribution in [1.29, 1.82) is 0 Å². The number of fused-ring (bicyclic) bond motifs is 1. The summed E-state index contributed by atoms with van der Waals surface area (Å²) in [6.07, 6.45) is 1.38. The molecule has 1 amide bonds. The van der Waals surface area contributed by atoms with Crippen molar-refractivity contribution in [2.75, 3.05) is 12.4 Å². The highest BCUT2D eigenvalue weighted by Crippen LogP contribution is 2.42. The molecular formula is C14H13Cl2N5O2. The number of amides is 1. The molecule has 1 aromatic carbocycles. The van der Waals surface area contributed by atoms with Gasteiger partial charge in [-0.15, -0.1) is 0 Å². The molecule has 120 valence electrons. The van der Waals surface area contributed by atoms with Gasteiger partial charge in [0, 0.05) is 16.3 Å². The SMILES string of the molecule is COc1c(Cl)cc(Cl)cc1[C@H]1C(C(N)=O)=C(C)Nc2ncnn21. The fraction of sp³-hybridized carbons (Fsp3) is 0.214. The number of primary amides is 1. The van der Waals surface area contributed by atoms with Gasteiger partial charge in [0.15, 0.2) is 0 Å². The summed E-state index contributed by atoms with van der Waals surface area (Å²) < 4.78 is 6.93. The maximum absolute atomic E-state index is 12.0. The molecule has 0 fully saturated rings. The number of hydrogen-bond donors (Lipinski definition) is 2. The van der Waals surface area contributed by atoms with Gasteiger partial charge >= 0.3 is 0 Å². The van der Waals surface area contributed by atoms with Crippen LogP contribution in [-0.4, -0.2) is 27.8 Å². The van der Waals surface area contributed by atoms with E-state index in [0.717, 1.165) is 0 Å². The third kappa shape index (κ3) is 2.51. The van der Waals surface area contributed by atoms with Gasteiger partial charge in [-0.05, 0) is 19.1 Å². The summed E-state index contributed by atoms with van der Waals surface area (Å²) in [7, 11) is 1.49. The first-order valence-corrected chi connectivity index (χ1v) is 7.39. The number of ether oxygens (including phenoxy) is 1. The number of anilines is 1. The second-order valence-corrected chi connectivity index (χ2v) is 5.81. The van der Waals surface area contributed by atoms with Gasteiger partial charge in [-0.3, -0.25) is 4.79 Å². The van der Waals surface area contributed by atoms with Crippen LogP contribution in [0.1, 0.15) is 18.5 Å². The summed E-state index contributed by atoms with van der Waals surface area (Å²) in [6.45, 7) is 1.74. The molecule has 7 nitrogen and oxygen atoms in total. The minimum atomic E-state index is -0.641. The van der Waals surface area contributed by atoms with E-state index in [1.165, 1.54) is 18.1 Å². The van der Waals surface area contributed by atoms with Crippen LogP contribution >= 0.6 is 23.2 Å². The molecule has 1 atom stereocenters. The zero-order valence-corrected chi connectivity index (χ0v) is 13.8. The highest BCUT2D eigenvalue weighted by molar-refractivity contribution is 6.35. The number of aromatic nitrogens is 3. The van der Waals surface area contributed by atoms with E-state index < -0.39 is 11.9 Å². The highest BCUT2D eigenvalue weighted by Gasteiger charge is 2.34. The number of allylic oxidation sites excluding steroid dienone is 1. The molecule has 0 radical (unpaired) electrons. The Hall–Kier alpha value is -2.25. The number of nitrogens with one attached hydrogen (secondary N) is 1. The Bertz CT molecular complexity index is 831. The van der Waals surface area contributed by atoms with Crippen molar-refractivity contribution in [3.05, 3.63) is 45.3 Å². The molecule has 0 aliphatic carbocycles. The first-order chi connectivity index (χ1) is 10.9. The Morgan fingerprint density at radius 3 is 2.83 bits per heavy atom. The fourth-order valence-electron chi connectivity index (χ4n) is 2.70. The van der Waals surface area contributed by atoms with E-state index >= 15 is 0 Å². The van der Waals surface area contributed by atoms with E-state index in [-0.39, 0.29) is 0 Å². The van der Waals surface area contributed by atoms with Gasteiger partial charge in [-0.1, -0.05) is 23.2 Å². The second-order valence-electron chi connectivity index (χ2n) is 4.97. The summed E-state index contributed by atoms with van der Waals surface area (Å²) in [5.41, 5.74) is 7.07. The summed E-state index contributed by atoms with van der Waals surface area (Å²) in [4.78, 5) is 16.1. The van der Waals surface area contributed by atoms with Crippen LogP contribution in [0, 0.1) is 0 Å². The molecule has 0 saturated heterocycles. The second kappa shape index (κ2) is 5.75. The summed E-state index contributed by atoms with van der Waals surface area (Å²) >= 11 is 12.3. The van der Waals surface area contributed by atoms with E-state index in [1.807, 2.05) is 0 Å². The van der Waals surface area contributed by atoms with Crippen LogP contribution in [0.3, 0.4) is 0 Å². The molecule has 2 aromatic rings. The minimum Gasteiger partial charge on any atom is -0.495 e. The Labute approximate surface area is 142 Å². The first-order valence-electron chi connectivity index (χ1n) is 6.64. The van der Waals surface area contributed by atoms with Crippen LogP contribution < -0.4 is 15.8 Å². The molecule has 1 aliphatic heterocycles. The maximum atomic E-state index is 12.0. The Balaban J connectivity index is 2.31. The van der Waals surface area contributed by atoms with Crippen LogP contribution in [0.15, 0.2) is 29.7 Å². The molecule has 1 aromatic heterocycles. The molecule has 0 unspecified atom stereocenters. The summed E-state index contributed by atoms with van der Waals surface area (Å²) in [5, 5.41) is 7.91. The lowest BCUT2D eigenvalue weighted by Crippen LogP contribution is -2.32. The van der Waals surface area contributed by atoms with Crippen molar-refractivity contribution < 1.29 is 9.53 Å². The summed E-state index contributed by atoms with van der Waals surface area (Å²) in [6, 6.07) is 2.59. The van der Waals surface area contributed by atoms with Crippen LogP contribution in [0.4, 0.5) is 5.95 Å². The normalized spacial score (nSPS) is 16.8. The van der Waals surface area contributed by atoms with Crippen molar-refractivity contribution in [1.82, 2.24) is 14.8 Å². The van der Waals surface area contributed by atoms with E-state index in [9.17, 15) is 4.79 Å². The molecule has 1 aliphatic rings. The molecular weight excluding hydrogens is 341 g/mol. The number of rotatable bonds is 3. The molecule has 9 heteroatoms. The topological polar surface area (TPSA) is 95.1 Å². The van der Waals surface area contributed by atoms with Gasteiger partial charge < -0.3 is 15.8 Å². The van der Waals surface area contributed by atoms with E-state index in [0.29, 0.717) is 38.6 Å². The van der Waals surface area contributed by atoms with E-state index in [4.69, 9.17) is 33.7 Å². The lowest BCUT2D eigenvalue weighted by molar-refractivity contribution is -0.115. The van der Waals surface area contributed by atoms with Gasteiger partial charge in [0.25, 0.3) is 0 Å². The molecule has 0 bridgehead atoms. The van der Waals surface area contributed by atoms with Gasteiger partial charge in [0.05, 0.1) is 17.7 Å². The standard InChI is InChI=1S/C14H13Cl2N5O2/c1-6-10(13(17)22)11(21-14(20-6)18-5-19-21)8-3-7(15)4-9(16)12(8)23-2/h3-5,11H,1-2H3,(H2,17,22)(H,18,19,20)/t11-/m0/s1. The monoisotopic (exact) mass is 353 g/mol. The Kier molecular flexibility index (Phi) is 3.91. The lowest BCUT2D eigenvalue weighted by atomic mass is 9.94. The van der Waals surface area contributed by atoms with Crippen LogP contribution in [0.2, 0.25) is 10.0 Å². The minimum absolute atomic E-state index is 0.330.